The molecule has 3 rings (SSSR count). The summed E-state index contributed by atoms with van der Waals surface area (Å²) in [7, 11) is 0. The van der Waals surface area contributed by atoms with Gasteiger partial charge in [-0.25, -0.2) is 0 Å². The van der Waals surface area contributed by atoms with Crippen LogP contribution in [-0.4, -0.2) is 34.5 Å². The van der Waals surface area contributed by atoms with E-state index in [9.17, 15) is 10.2 Å². The molecule has 3 heteroatoms. The SMILES string of the molecule is O[C@@H]1CNC2(CC2)C(C2CC2)[C@H]1O. The van der Waals surface area contributed by atoms with Gasteiger partial charge in [0.1, 0.15) is 0 Å². The molecule has 1 spiro atoms. The predicted molar refractivity (Wildman–Crippen MR) is 48.2 cm³/mol. The minimum absolute atomic E-state index is 0.222. The van der Waals surface area contributed by atoms with Gasteiger partial charge in [-0.15, -0.1) is 0 Å². The van der Waals surface area contributed by atoms with Crippen molar-refractivity contribution in [3.63, 3.8) is 0 Å². The van der Waals surface area contributed by atoms with Gasteiger partial charge in [0, 0.05) is 18.0 Å². The first-order valence-electron chi connectivity index (χ1n) is 5.34. The summed E-state index contributed by atoms with van der Waals surface area (Å²) >= 11 is 0. The Kier molecular flexibility index (Phi) is 1.56. The largest absolute Gasteiger partial charge is 0.390 e. The van der Waals surface area contributed by atoms with Crippen LogP contribution in [0.25, 0.3) is 0 Å². The lowest BCUT2D eigenvalue weighted by Crippen LogP contribution is -2.58. The number of aliphatic hydroxyl groups is 2. The summed E-state index contributed by atoms with van der Waals surface area (Å²) in [4.78, 5) is 0. The Bertz CT molecular complexity index is 223. The van der Waals surface area contributed by atoms with Crippen molar-refractivity contribution in [2.24, 2.45) is 11.8 Å². The molecule has 3 fully saturated rings. The summed E-state index contributed by atoms with van der Waals surface area (Å²) in [6.45, 7) is 0.574. The lowest BCUT2D eigenvalue weighted by molar-refractivity contribution is -0.0642. The second kappa shape index (κ2) is 2.47. The van der Waals surface area contributed by atoms with E-state index in [1.807, 2.05) is 0 Å². The van der Waals surface area contributed by atoms with Crippen LogP contribution >= 0.6 is 0 Å². The van der Waals surface area contributed by atoms with Crippen LogP contribution in [0.15, 0.2) is 0 Å². The molecule has 0 amide bonds. The van der Waals surface area contributed by atoms with Crippen LogP contribution < -0.4 is 5.32 Å². The molecular formula is C10H17NO2. The van der Waals surface area contributed by atoms with E-state index in [2.05, 4.69) is 5.32 Å². The highest BCUT2D eigenvalue weighted by Gasteiger charge is 2.59. The summed E-state index contributed by atoms with van der Waals surface area (Å²) in [6, 6.07) is 0. The van der Waals surface area contributed by atoms with Crippen LogP contribution in [0.5, 0.6) is 0 Å². The molecule has 0 radical (unpaired) electrons. The molecule has 2 aliphatic carbocycles. The van der Waals surface area contributed by atoms with E-state index in [0.717, 1.165) is 0 Å². The maximum absolute atomic E-state index is 9.93. The van der Waals surface area contributed by atoms with E-state index in [1.165, 1.54) is 25.7 Å². The molecule has 1 aliphatic heterocycles. The Balaban J connectivity index is 1.83. The highest BCUT2D eigenvalue weighted by molar-refractivity contribution is 5.16. The molecule has 1 heterocycles. The molecule has 1 saturated heterocycles. The second-order valence-corrected chi connectivity index (χ2v) is 4.96. The van der Waals surface area contributed by atoms with Gasteiger partial charge in [-0.3, -0.25) is 0 Å². The molecule has 0 bridgehead atoms. The van der Waals surface area contributed by atoms with E-state index in [1.54, 1.807) is 0 Å². The average molecular weight is 183 g/mol. The fraction of sp³-hybridized carbons (Fsp3) is 1.00. The highest BCUT2D eigenvalue weighted by atomic mass is 16.3. The van der Waals surface area contributed by atoms with Gasteiger partial charge in [-0.1, -0.05) is 0 Å². The zero-order chi connectivity index (χ0) is 9.05. The van der Waals surface area contributed by atoms with E-state index in [-0.39, 0.29) is 5.54 Å². The standard InChI is InChI=1S/C10H17NO2/c12-7-5-11-10(3-4-10)8(9(7)13)6-1-2-6/h6-9,11-13H,1-5H2/t7-,8?,9+/m1/s1. The van der Waals surface area contributed by atoms with E-state index in [4.69, 9.17) is 0 Å². The van der Waals surface area contributed by atoms with Gasteiger partial charge in [0.2, 0.25) is 0 Å². The fourth-order valence-electron chi connectivity index (χ4n) is 2.94. The van der Waals surface area contributed by atoms with Gasteiger partial charge in [0.25, 0.3) is 0 Å². The summed E-state index contributed by atoms with van der Waals surface area (Å²) in [5, 5.41) is 22.9. The molecule has 3 N–H and O–H groups in total. The molecule has 0 aromatic carbocycles. The molecule has 1 unspecified atom stereocenters. The number of rotatable bonds is 1. The van der Waals surface area contributed by atoms with Crippen molar-refractivity contribution >= 4 is 0 Å². The summed E-state index contributed by atoms with van der Waals surface area (Å²) in [5.74, 6) is 1.01. The topological polar surface area (TPSA) is 52.5 Å². The first-order valence-corrected chi connectivity index (χ1v) is 5.34. The maximum Gasteiger partial charge on any atom is 0.0926 e. The predicted octanol–water partition coefficient (Wildman–Crippen LogP) is -0.130. The van der Waals surface area contributed by atoms with Crippen LogP contribution in [0.2, 0.25) is 0 Å². The third-order valence-electron chi connectivity index (χ3n) is 3.98. The maximum atomic E-state index is 9.93. The Hall–Kier alpha value is -0.120. The summed E-state index contributed by atoms with van der Waals surface area (Å²) in [5.41, 5.74) is 0.222. The Labute approximate surface area is 78.1 Å². The Morgan fingerprint density at radius 3 is 2.38 bits per heavy atom. The number of aliphatic hydroxyl groups excluding tert-OH is 2. The lowest BCUT2D eigenvalue weighted by Gasteiger charge is -2.40. The number of nitrogens with one attached hydrogen (secondary N) is 1. The van der Waals surface area contributed by atoms with E-state index < -0.39 is 12.2 Å². The average Bonchev–Trinajstić information content (AvgIpc) is 2.94. The van der Waals surface area contributed by atoms with E-state index >= 15 is 0 Å². The van der Waals surface area contributed by atoms with Crippen LogP contribution in [0.4, 0.5) is 0 Å². The third-order valence-corrected chi connectivity index (χ3v) is 3.98. The minimum Gasteiger partial charge on any atom is -0.390 e. The number of piperidine rings is 1. The van der Waals surface area contributed by atoms with Crippen LogP contribution in [-0.2, 0) is 0 Å². The molecule has 3 nitrogen and oxygen atoms in total. The molecular weight excluding hydrogens is 166 g/mol. The lowest BCUT2D eigenvalue weighted by atomic mass is 9.81. The van der Waals surface area contributed by atoms with Crippen molar-refractivity contribution in [3.8, 4) is 0 Å². The van der Waals surface area contributed by atoms with Crippen molar-refractivity contribution in [2.75, 3.05) is 6.54 Å². The van der Waals surface area contributed by atoms with Crippen LogP contribution in [0.1, 0.15) is 25.7 Å². The molecule has 3 aliphatic rings. The Morgan fingerprint density at radius 2 is 1.85 bits per heavy atom. The molecule has 74 valence electrons. The highest BCUT2D eigenvalue weighted by Crippen LogP contribution is 2.55. The molecule has 2 saturated carbocycles. The van der Waals surface area contributed by atoms with Gasteiger partial charge in [0.15, 0.2) is 0 Å². The van der Waals surface area contributed by atoms with Crippen LogP contribution in [0, 0.1) is 11.8 Å². The van der Waals surface area contributed by atoms with Gasteiger partial charge in [-0.05, 0) is 31.6 Å². The zero-order valence-corrected chi connectivity index (χ0v) is 7.74. The van der Waals surface area contributed by atoms with Crippen molar-refractivity contribution in [3.05, 3.63) is 0 Å². The minimum atomic E-state index is -0.545. The smallest absolute Gasteiger partial charge is 0.0926 e. The second-order valence-electron chi connectivity index (χ2n) is 4.96. The summed E-state index contributed by atoms with van der Waals surface area (Å²) < 4.78 is 0. The summed E-state index contributed by atoms with van der Waals surface area (Å²) in [6.07, 6.45) is 3.86. The number of β-amino-alcohol motifs (C(OH)–C–C–N with tert-alkyl or cyclic N) is 1. The third kappa shape index (κ3) is 1.14. The van der Waals surface area contributed by atoms with Gasteiger partial charge >= 0.3 is 0 Å². The van der Waals surface area contributed by atoms with Gasteiger partial charge in [-0.2, -0.15) is 0 Å². The zero-order valence-electron chi connectivity index (χ0n) is 7.74. The normalized spacial score (nSPS) is 48.0. The molecule has 0 aromatic rings. The van der Waals surface area contributed by atoms with Gasteiger partial charge in [0.05, 0.1) is 12.2 Å². The van der Waals surface area contributed by atoms with Crippen molar-refractivity contribution in [2.45, 2.75) is 43.4 Å². The van der Waals surface area contributed by atoms with Crippen molar-refractivity contribution in [1.29, 1.82) is 0 Å². The number of hydrogen-bond donors (Lipinski definition) is 3. The van der Waals surface area contributed by atoms with Crippen LogP contribution in [0.3, 0.4) is 0 Å². The number of hydrogen-bond acceptors (Lipinski definition) is 3. The quantitative estimate of drug-likeness (QED) is 0.531. The first-order chi connectivity index (χ1) is 6.23. The fourth-order valence-corrected chi connectivity index (χ4v) is 2.94. The van der Waals surface area contributed by atoms with Crippen molar-refractivity contribution in [1.82, 2.24) is 5.32 Å². The monoisotopic (exact) mass is 183 g/mol. The van der Waals surface area contributed by atoms with Crippen molar-refractivity contribution < 1.29 is 10.2 Å². The molecule has 13 heavy (non-hydrogen) atoms. The van der Waals surface area contributed by atoms with E-state index in [0.29, 0.717) is 18.4 Å². The Morgan fingerprint density at radius 1 is 1.15 bits per heavy atom. The van der Waals surface area contributed by atoms with Gasteiger partial charge < -0.3 is 15.5 Å². The molecule has 0 aromatic heterocycles. The molecule has 3 atom stereocenters. The first kappa shape index (κ1) is 8.21.